The topological polar surface area (TPSA) is 25.0 Å². The third-order valence-corrected chi connectivity index (χ3v) is 5.44. The lowest BCUT2D eigenvalue weighted by Gasteiger charge is -2.09. The zero-order chi connectivity index (χ0) is 18.3. The van der Waals surface area contributed by atoms with E-state index in [1.54, 1.807) is 0 Å². The molecular weight excluding hydrogens is 318 g/mol. The van der Waals surface area contributed by atoms with Crippen molar-refractivity contribution in [3.8, 4) is 0 Å². The summed E-state index contributed by atoms with van der Waals surface area (Å²) >= 11 is 0. The van der Waals surface area contributed by atoms with Gasteiger partial charge in [0.2, 0.25) is 0 Å². The number of aromatic nitrogens is 1. The molecule has 2 heteroatoms. The minimum atomic E-state index is 0.230. The van der Waals surface area contributed by atoms with Crippen LogP contribution in [-0.4, -0.2) is 4.98 Å². The van der Waals surface area contributed by atoms with Gasteiger partial charge in [-0.25, -0.2) is 0 Å². The minimum Gasteiger partial charge on any atom is -0.368 e. The molecular formula is C24H40NO. The Kier molecular flexibility index (Phi) is 11.5. The molecule has 1 radical (unpaired) electrons. The van der Waals surface area contributed by atoms with Crippen LogP contribution in [0.3, 0.4) is 0 Å². The molecule has 2 rings (SSSR count). The second kappa shape index (κ2) is 14.1. The maximum Gasteiger partial charge on any atom is 0.0879 e. The zero-order valence-corrected chi connectivity index (χ0v) is 17.0. The zero-order valence-electron chi connectivity index (χ0n) is 17.0. The van der Waals surface area contributed by atoms with Crippen molar-refractivity contribution in [2.75, 3.05) is 0 Å². The Balaban J connectivity index is 1.31. The Morgan fingerprint density at radius 2 is 1.46 bits per heavy atom. The summed E-state index contributed by atoms with van der Waals surface area (Å²) in [5.41, 5.74) is 2.67. The average Bonchev–Trinajstić information content (AvgIpc) is 3.26. The molecule has 1 atom stereocenters. The molecule has 1 aliphatic heterocycles. The number of rotatable bonds is 16. The van der Waals surface area contributed by atoms with E-state index in [1.807, 2.05) is 0 Å². The minimum absolute atomic E-state index is 0.230. The van der Waals surface area contributed by atoms with E-state index in [-0.39, 0.29) is 6.10 Å². The van der Waals surface area contributed by atoms with Gasteiger partial charge in [-0.2, -0.15) is 0 Å². The molecule has 0 spiro atoms. The second-order valence-corrected chi connectivity index (χ2v) is 7.78. The van der Waals surface area contributed by atoms with E-state index in [4.69, 9.17) is 4.74 Å². The number of ether oxygens (including phenoxy) is 1. The van der Waals surface area contributed by atoms with E-state index in [0.29, 0.717) is 0 Å². The van der Waals surface area contributed by atoms with Crippen molar-refractivity contribution in [2.45, 2.75) is 110 Å². The Hall–Kier alpha value is -1.02. The van der Waals surface area contributed by atoms with Gasteiger partial charge < -0.3 is 9.72 Å². The van der Waals surface area contributed by atoms with Crippen molar-refractivity contribution >= 4 is 0 Å². The van der Waals surface area contributed by atoms with Gasteiger partial charge >= 0.3 is 0 Å². The quantitative estimate of drug-likeness (QED) is 0.236. The van der Waals surface area contributed by atoms with Crippen molar-refractivity contribution in [3.05, 3.63) is 42.1 Å². The number of unbranched alkanes of at least 4 members (excludes halogenated alkanes) is 12. The number of nitrogens with one attached hydrogen (secondary N) is 1. The van der Waals surface area contributed by atoms with E-state index >= 15 is 0 Å². The Morgan fingerprint density at radius 3 is 2.15 bits per heavy atom. The summed E-state index contributed by atoms with van der Waals surface area (Å²) in [6.07, 6.45) is 30.5. The summed E-state index contributed by atoms with van der Waals surface area (Å²) in [4.78, 5) is 3.18. The van der Waals surface area contributed by atoms with Gasteiger partial charge in [0.25, 0.3) is 0 Å². The third kappa shape index (κ3) is 8.58. The number of hydrogen-bond donors (Lipinski definition) is 1. The van der Waals surface area contributed by atoms with Crippen molar-refractivity contribution in [1.82, 2.24) is 4.98 Å². The van der Waals surface area contributed by atoms with Gasteiger partial charge in [-0.05, 0) is 38.5 Å². The number of aromatic amines is 1. The molecule has 1 aromatic heterocycles. The highest BCUT2D eigenvalue weighted by molar-refractivity contribution is 5.30. The summed E-state index contributed by atoms with van der Waals surface area (Å²) in [6, 6.07) is 0. The molecule has 1 N–H and O–H groups in total. The van der Waals surface area contributed by atoms with E-state index in [1.165, 1.54) is 101 Å². The SMILES string of the molecule is CCCCCCCC/C=C\CCCCCCC[CH]C1OCc2c[nH]cc21. The highest BCUT2D eigenvalue weighted by Gasteiger charge is 2.23. The maximum atomic E-state index is 5.80. The highest BCUT2D eigenvalue weighted by atomic mass is 16.5. The van der Waals surface area contributed by atoms with E-state index < -0.39 is 0 Å². The number of allylic oxidation sites excluding steroid dienone is 2. The summed E-state index contributed by atoms with van der Waals surface area (Å²) < 4.78 is 5.80. The van der Waals surface area contributed by atoms with Crippen LogP contribution in [0.4, 0.5) is 0 Å². The van der Waals surface area contributed by atoms with Gasteiger partial charge in [0.05, 0.1) is 12.7 Å². The van der Waals surface area contributed by atoms with Crippen molar-refractivity contribution in [1.29, 1.82) is 0 Å². The van der Waals surface area contributed by atoms with Gasteiger partial charge in [-0.1, -0.05) is 76.9 Å². The summed E-state index contributed by atoms with van der Waals surface area (Å²) in [6.45, 7) is 3.05. The van der Waals surface area contributed by atoms with Gasteiger partial charge in [0, 0.05) is 23.5 Å². The normalized spacial score (nSPS) is 16.6. The fourth-order valence-electron chi connectivity index (χ4n) is 3.75. The molecule has 0 amide bonds. The molecule has 26 heavy (non-hydrogen) atoms. The largest absolute Gasteiger partial charge is 0.368 e. The molecule has 0 saturated carbocycles. The maximum absolute atomic E-state index is 5.80. The fourth-order valence-corrected chi connectivity index (χ4v) is 3.75. The Labute approximate surface area is 161 Å². The first-order chi connectivity index (χ1) is 12.9. The lowest BCUT2D eigenvalue weighted by atomic mass is 10.0. The highest BCUT2D eigenvalue weighted by Crippen LogP contribution is 2.33. The first kappa shape index (κ1) is 21.3. The standard InChI is InChI=1S/C24H40NO/c1-2-3-4-5-6-7-8-9-10-11-12-13-14-15-16-17-18-24-23-20-25-19-22(23)21-26-24/h9-10,18-20,24-25H,2-8,11-17,21H2,1H3/b10-9-. The lowest BCUT2D eigenvalue weighted by molar-refractivity contribution is 0.0850. The van der Waals surface area contributed by atoms with Gasteiger partial charge in [0.1, 0.15) is 0 Å². The smallest absolute Gasteiger partial charge is 0.0879 e. The van der Waals surface area contributed by atoms with E-state index in [2.05, 4.69) is 42.9 Å². The molecule has 2 nitrogen and oxygen atoms in total. The molecule has 147 valence electrons. The van der Waals surface area contributed by atoms with Gasteiger partial charge in [-0.3, -0.25) is 0 Å². The van der Waals surface area contributed by atoms with Crippen molar-refractivity contribution < 1.29 is 4.74 Å². The van der Waals surface area contributed by atoms with Crippen LogP contribution in [0.25, 0.3) is 0 Å². The first-order valence-electron chi connectivity index (χ1n) is 11.2. The van der Waals surface area contributed by atoms with Gasteiger partial charge in [-0.15, -0.1) is 0 Å². The summed E-state index contributed by atoms with van der Waals surface area (Å²) in [5, 5.41) is 0. The summed E-state index contributed by atoms with van der Waals surface area (Å²) in [5.74, 6) is 0. The lowest BCUT2D eigenvalue weighted by Crippen LogP contribution is -1.96. The van der Waals surface area contributed by atoms with Crippen molar-refractivity contribution in [2.24, 2.45) is 0 Å². The predicted molar refractivity (Wildman–Crippen MR) is 112 cm³/mol. The molecule has 0 aromatic carbocycles. The number of hydrogen-bond acceptors (Lipinski definition) is 1. The molecule has 0 saturated heterocycles. The van der Waals surface area contributed by atoms with Crippen LogP contribution in [-0.2, 0) is 11.3 Å². The van der Waals surface area contributed by atoms with Crippen LogP contribution in [0.15, 0.2) is 24.5 Å². The monoisotopic (exact) mass is 358 g/mol. The third-order valence-electron chi connectivity index (χ3n) is 5.44. The van der Waals surface area contributed by atoms with Gasteiger partial charge in [0.15, 0.2) is 0 Å². The molecule has 1 unspecified atom stereocenters. The van der Waals surface area contributed by atoms with Crippen LogP contribution < -0.4 is 0 Å². The second-order valence-electron chi connectivity index (χ2n) is 7.78. The fraction of sp³-hybridized carbons (Fsp3) is 0.708. The number of fused-ring (bicyclic) bond motifs is 1. The van der Waals surface area contributed by atoms with E-state index in [9.17, 15) is 0 Å². The van der Waals surface area contributed by atoms with Crippen molar-refractivity contribution in [3.63, 3.8) is 0 Å². The van der Waals surface area contributed by atoms with E-state index in [0.717, 1.165) is 6.61 Å². The molecule has 2 heterocycles. The van der Waals surface area contributed by atoms with Crippen LogP contribution in [0, 0.1) is 6.42 Å². The Bertz CT molecular complexity index is 476. The molecule has 0 aliphatic carbocycles. The molecule has 1 aromatic rings. The molecule has 0 fully saturated rings. The summed E-state index contributed by atoms with van der Waals surface area (Å²) in [7, 11) is 0. The van der Waals surface area contributed by atoms with Crippen LogP contribution in [0.5, 0.6) is 0 Å². The average molecular weight is 359 g/mol. The van der Waals surface area contributed by atoms with Crippen LogP contribution >= 0.6 is 0 Å². The Morgan fingerprint density at radius 1 is 0.846 bits per heavy atom. The molecule has 1 aliphatic rings. The molecule has 0 bridgehead atoms. The first-order valence-corrected chi connectivity index (χ1v) is 11.2. The van der Waals surface area contributed by atoms with Crippen LogP contribution in [0.1, 0.15) is 114 Å². The van der Waals surface area contributed by atoms with Crippen LogP contribution in [0.2, 0.25) is 0 Å². The predicted octanol–water partition coefficient (Wildman–Crippen LogP) is 7.83. The number of H-pyrrole nitrogens is 1.